The average molecular weight is 362 g/mol. The Kier molecular flexibility index (Phi) is 6.36. The standard InChI is InChI=1S/C22H26N4O/c1-3-5-9-16(4-2)22(27)23-19-14-12-18(13-15-19)21-24-20(25-26-21)17-10-7-6-8-11-17/h6-8,10-16H,3-5,9H2,1-2H3,(H,23,27)(H,24,25,26). The van der Waals surface area contributed by atoms with Gasteiger partial charge in [-0.2, -0.15) is 5.10 Å². The van der Waals surface area contributed by atoms with Gasteiger partial charge in [-0.15, -0.1) is 0 Å². The minimum atomic E-state index is 0.0762. The van der Waals surface area contributed by atoms with Crippen LogP contribution >= 0.6 is 0 Å². The Hall–Kier alpha value is -2.95. The highest BCUT2D eigenvalue weighted by Crippen LogP contribution is 2.22. The summed E-state index contributed by atoms with van der Waals surface area (Å²) >= 11 is 0. The Morgan fingerprint density at radius 3 is 2.44 bits per heavy atom. The summed E-state index contributed by atoms with van der Waals surface area (Å²) < 4.78 is 0. The molecule has 0 aliphatic rings. The van der Waals surface area contributed by atoms with Crippen LogP contribution in [0.2, 0.25) is 0 Å². The fraction of sp³-hybridized carbons (Fsp3) is 0.318. The van der Waals surface area contributed by atoms with Crippen LogP contribution in [0.25, 0.3) is 22.8 Å². The van der Waals surface area contributed by atoms with E-state index in [4.69, 9.17) is 0 Å². The molecule has 27 heavy (non-hydrogen) atoms. The second kappa shape index (κ2) is 9.12. The first-order chi connectivity index (χ1) is 13.2. The summed E-state index contributed by atoms with van der Waals surface area (Å²) in [5, 5.41) is 10.3. The number of amides is 1. The van der Waals surface area contributed by atoms with Gasteiger partial charge in [0.25, 0.3) is 0 Å². The highest BCUT2D eigenvalue weighted by Gasteiger charge is 2.16. The molecule has 5 nitrogen and oxygen atoms in total. The predicted octanol–water partition coefficient (Wildman–Crippen LogP) is 5.29. The van der Waals surface area contributed by atoms with Crippen molar-refractivity contribution in [1.29, 1.82) is 0 Å². The summed E-state index contributed by atoms with van der Waals surface area (Å²) in [4.78, 5) is 17.0. The average Bonchev–Trinajstić information content (AvgIpc) is 3.20. The van der Waals surface area contributed by atoms with Crippen LogP contribution in [0.15, 0.2) is 54.6 Å². The molecule has 3 rings (SSSR count). The minimum Gasteiger partial charge on any atom is -0.326 e. The number of aromatic nitrogens is 3. The summed E-state index contributed by atoms with van der Waals surface area (Å²) in [6.07, 6.45) is 4.00. The molecule has 1 aromatic heterocycles. The summed E-state index contributed by atoms with van der Waals surface area (Å²) in [6.45, 7) is 4.22. The van der Waals surface area contributed by atoms with Gasteiger partial charge in [-0.1, -0.05) is 57.0 Å². The van der Waals surface area contributed by atoms with Gasteiger partial charge in [0, 0.05) is 22.7 Å². The predicted molar refractivity (Wildman–Crippen MR) is 109 cm³/mol. The number of carbonyl (C=O) groups is 1. The van der Waals surface area contributed by atoms with Crippen LogP contribution in [0.3, 0.4) is 0 Å². The van der Waals surface area contributed by atoms with Crippen molar-refractivity contribution in [1.82, 2.24) is 15.2 Å². The first-order valence-corrected chi connectivity index (χ1v) is 9.60. The molecule has 0 saturated carbocycles. The third kappa shape index (κ3) is 4.82. The van der Waals surface area contributed by atoms with Crippen molar-refractivity contribution < 1.29 is 4.79 Å². The van der Waals surface area contributed by atoms with Crippen molar-refractivity contribution in [3.05, 3.63) is 54.6 Å². The Morgan fingerprint density at radius 2 is 1.78 bits per heavy atom. The second-order valence-electron chi connectivity index (χ2n) is 6.69. The number of H-pyrrole nitrogens is 1. The van der Waals surface area contributed by atoms with E-state index in [1.807, 2.05) is 54.6 Å². The van der Waals surface area contributed by atoms with Gasteiger partial charge in [-0.3, -0.25) is 9.89 Å². The van der Waals surface area contributed by atoms with Gasteiger partial charge in [0.2, 0.25) is 5.91 Å². The Bertz CT molecular complexity index is 856. The summed E-state index contributed by atoms with van der Waals surface area (Å²) in [6, 6.07) is 17.6. The van der Waals surface area contributed by atoms with E-state index >= 15 is 0 Å². The molecule has 0 fully saturated rings. The largest absolute Gasteiger partial charge is 0.326 e. The fourth-order valence-corrected chi connectivity index (χ4v) is 3.03. The van der Waals surface area contributed by atoms with E-state index in [1.165, 1.54) is 0 Å². The van der Waals surface area contributed by atoms with Gasteiger partial charge in [-0.25, -0.2) is 4.98 Å². The molecule has 2 aromatic carbocycles. The van der Waals surface area contributed by atoms with E-state index in [0.29, 0.717) is 11.6 Å². The van der Waals surface area contributed by atoms with Crippen molar-refractivity contribution >= 4 is 11.6 Å². The van der Waals surface area contributed by atoms with Crippen molar-refractivity contribution in [2.24, 2.45) is 5.92 Å². The zero-order valence-corrected chi connectivity index (χ0v) is 15.9. The van der Waals surface area contributed by atoms with Crippen LogP contribution in [0.1, 0.15) is 39.5 Å². The van der Waals surface area contributed by atoms with E-state index in [2.05, 4.69) is 34.3 Å². The maximum atomic E-state index is 12.4. The first-order valence-electron chi connectivity index (χ1n) is 9.60. The quantitative estimate of drug-likeness (QED) is 0.572. The number of unbranched alkanes of at least 4 members (excludes halogenated alkanes) is 1. The number of benzene rings is 2. The highest BCUT2D eigenvalue weighted by molar-refractivity contribution is 5.92. The van der Waals surface area contributed by atoms with Crippen LogP contribution in [-0.2, 0) is 4.79 Å². The monoisotopic (exact) mass is 362 g/mol. The van der Waals surface area contributed by atoms with Crippen molar-refractivity contribution in [3.8, 4) is 22.8 Å². The molecule has 140 valence electrons. The van der Waals surface area contributed by atoms with Gasteiger partial charge >= 0.3 is 0 Å². The molecule has 5 heteroatoms. The second-order valence-corrected chi connectivity index (χ2v) is 6.69. The van der Waals surface area contributed by atoms with Gasteiger partial charge in [0.05, 0.1) is 0 Å². The third-order valence-corrected chi connectivity index (χ3v) is 4.71. The van der Waals surface area contributed by atoms with E-state index in [9.17, 15) is 4.79 Å². The molecular formula is C22H26N4O. The van der Waals surface area contributed by atoms with Crippen LogP contribution < -0.4 is 5.32 Å². The Labute approximate surface area is 160 Å². The minimum absolute atomic E-state index is 0.0762. The number of carbonyl (C=O) groups excluding carboxylic acids is 1. The van der Waals surface area contributed by atoms with Crippen LogP contribution in [0, 0.1) is 5.92 Å². The lowest BCUT2D eigenvalue weighted by Crippen LogP contribution is -2.22. The molecule has 0 radical (unpaired) electrons. The van der Waals surface area contributed by atoms with E-state index in [1.54, 1.807) is 0 Å². The van der Waals surface area contributed by atoms with E-state index in [-0.39, 0.29) is 11.8 Å². The third-order valence-electron chi connectivity index (χ3n) is 4.71. The summed E-state index contributed by atoms with van der Waals surface area (Å²) in [5.41, 5.74) is 2.71. The topological polar surface area (TPSA) is 70.7 Å². The van der Waals surface area contributed by atoms with E-state index in [0.717, 1.165) is 42.5 Å². The highest BCUT2D eigenvalue weighted by atomic mass is 16.1. The Morgan fingerprint density at radius 1 is 1.04 bits per heavy atom. The molecule has 1 unspecified atom stereocenters. The summed E-state index contributed by atoms with van der Waals surface area (Å²) in [5.74, 6) is 1.56. The summed E-state index contributed by atoms with van der Waals surface area (Å²) in [7, 11) is 0. The molecule has 1 atom stereocenters. The molecule has 2 N–H and O–H groups in total. The lowest BCUT2D eigenvalue weighted by molar-refractivity contribution is -0.120. The smallest absolute Gasteiger partial charge is 0.227 e. The molecule has 0 bridgehead atoms. The van der Waals surface area contributed by atoms with Crippen LogP contribution in [-0.4, -0.2) is 21.1 Å². The van der Waals surface area contributed by atoms with E-state index < -0.39 is 0 Å². The molecule has 1 heterocycles. The number of hydrogen-bond donors (Lipinski definition) is 2. The lowest BCUT2D eigenvalue weighted by atomic mass is 9.98. The molecule has 0 aliphatic carbocycles. The number of nitrogens with zero attached hydrogens (tertiary/aromatic N) is 2. The van der Waals surface area contributed by atoms with Gasteiger partial charge < -0.3 is 5.32 Å². The van der Waals surface area contributed by atoms with Gasteiger partial charge in [0.15, 0.2) is 11.6 Å². The Balaban J connectivity index is 1.67. The van der Waals surface area contributed by atoms with Crippen molar-refractivity contribution in [2.45, 2.75) is 39.5 Å². The van der Waals surface area contributed by atoms with Crippen molar-refractivity contribution in [3.63, 3.8) is 0 Å². The number of hydrogen-bond acceptors (Lipinski definition) is 3. The number of aromatic amines is 1. The first kappa shape index (κ1) is 18.8. The molecule has 0 saturated heterocycles. The van der Waals surface area contributed by atoms with Crippen LogP contribution in [0.4, 0.5) is 5.69 Å². The zero-order chi connectivity index (χ0) is 19.1. The maximum absolute atomic E-state index is 12.4. The normalized spacial score (nSPS) is 11.9. The maximum Gasteiger partial charge on any atom is 0.227 e. The van der Waals surface area contributed by atoms with Crippen LogP contribution in [0.5, 0.6) is 0 Å². The van der Waals surface area contributed by atoms with Gasteiger partial charge in [-0.05, 0) is 37.1 Å². The zero-order valence-electron chi connectivity index (χ0n) is 15.9. The number of nitrogens with one attached hydrogen (secondary N) is 2. The molecule has 0 aliphatic heterocycles. The lowest BCUT2D eigenvalue weighted by Gasteiger charge is -2.14. The molecule has 1 amide bonds. The number of anilines is 1. The van der Waals surface area contributed by atoms with Gasteiger partial charge in [0.1, 0.15) is 0 Å². The van der Waals surface area contributed by atoms with Crippen molar-refractivity contribution in [2.75, 3.05) is 5.32 Å². The molecule has 0 spiro atoms. The fourth-order valence-electron chi connectivity index (χ4n) is 3.03. The number of rotatable bonds is 8. The SMILES string of the molecule is CCCCC(CC)C(=O)Nc1ccc(-c2nc(-c3ccccc3)n[nH]2)cc1. The molecular weight excluding hydrogens is 336 g/mol. The molecule has 3 aromatic rings.